The summed E-state index contributed by atoms with van der Waals surface area (Å²) < 4.78 is 53.9. The number of carbonyl (C=O) groups excluding carboxylic acids is 1. The van der Waals surface area contributed by atoms with Crippen molar-refractivity contribution < 1.29 is 22.4 Å². The maximum Gasteiger partial charge on any atom is 0.389 e. The third kappa shape index (κ3) is 4.67. The minimum Gasteiger partial charge on any atom is -0.285 e. The van der Waals surface area contributed by atoms with Crippen LogP contribution in [0.1, 0.15) is 30.0 Å². The molecule has 163 valence electrons. The van der Waals surface area contributed by atoms with Gasteiger partial charge in [-0.1, -0.05) is 41.9 Å². The Morgan fingerprint density at radius 1 is 1.03 bits per heavy atom. The van der Waals surface area contributed by atoms with Gasteiger partial charge in [-0.2, -0.15) is 18.3 Å². The van der Waals surface area contributed by atoms with E-state index in [4.69, 9.17) is 11.6 Å². The fourth-order valence-electron chi connectivity index (χ4n) is 3.70. The first-order chi connectivity index (χ1) is 15.2. The van der Waals surface area contributed by atoms with Gasteiger partial charge in [-0.3, -0.25) is 9.48 Å². The van der Waals surface area contributed by atoms with E-state index in [0.717, 1.165) is 5.56 Å². The second-order valence-corrected chi connectivity index (χ2v) is 7.79. The molecule has 0 amide bonds. The van der Waals surface area contributed by atoms with Gasteiger partial charge in [0, 0.05) is 22.9 Å². The van der Waals surface area contributed by atoms with E-state index < -0.39 is 24.5 Å². The van der Waals surface area contributed by atoms with Gasteiger partial charge in [0.2, 0.25) is 6.29 Å². The molecule has 3 nitrogen and oxygen atoms in total. The molecule has 4 aromatic rings. The van der Waals surface area contributed by atoms with Gasteiger partial charge in [0.25, 0.3) is 0 Å². The van der Waals surface area contributed by atoms with E-state index in [-0.39, 0.29) is 11.4 Å². The van der Waals surface area contributed by atoms with Crippen molar-refractivity contribution in [3.63, 3.8) is 0 Å². The largest absolute Gasteiger partial charge is 0.389 e. The van der Waals surface area contributed by atoms with Gasteiger partial charge in [-0.25, -0.2) is 4.39 Å². The van der Waals surface area contributed by atoms with Gasteiger partial charge in [0.15, 0.2) is 0 Å². The molecule has 0 bridgehead atoms. The normalized spacial score (nSPS) is 12.8. The zero-order valence-electron chi connectivity index (χ0n) is 16.5. The van der Waals surface area contributed by atoms with Gasteiger partial charge < -0.3 is 0 Å². The Morgan fingerprint density at radius 3 is 2.44 bits per heavy atom. The molecule has 1 atom stereocenters. The lowest BCUT2D eigenvalue weighted by molar-refractivity contribution is -0.136. The van der Waals surface area contributed by atoms with Crippen molar-refractivity contribution >= 4 is 28.8 Å². The summed E-state index contributed by atoms with van der Waals surface area (Å²) in [6, 6.07) is 15.0. The molecule has 3 aromatic carbocycles. The second kappa shape index (κ2) is 8.74. The Bertz CT molecular complexity index is 1270. The summed E-state index contributed by atoms with van der Waals surface area (Å²) in [7, 11) is 0. The fourth-order valence-corrected chi connectivity index (χ4v) is 3.97. The Labute approximate surface area is 186 Å². The van der Waals surface area contributed by atoms with Crippen molar-refractivity contribution in [1.29, 1.82) is 0 Å². The van der Waals surface area contributed by atoms with Crippen molar-refractivity contribution in [3.05, 3.63) is 88.8 Å². The highest BCUT2D eigenvalue weighted by Gasteiger charge is 2.30. The molecule has 0 aliphatic carbocycles. The van der Waals surface area contributed by atoms with Gasteiger partial charge in [-0.05, 0) is 47.9 Å². The number of fused-ring (bicyclic) bond motifs is 1. The summed E-state index contributed by atoms with van der Waals surface area (Å²) in [5.74, 6) is -0.446. The third-order valence-corrected chi connectivity index (χ3v) is 5.56. The monoisotopic (exact) mass is 459 g/mol. The molecule has 0 saturated carbocycles. The summed E-state index contributed by atoms with van der Waals surface area (Å²) in [6.45, 7) is 0. The molecule has 4 rings (SSSR count). The zero-order valence-corrected chi connectivity index (χ0v) is 17.3. The van der Waals surface area contributed by atoms with E-state index in [0.29, 0.717) is 27.6 Å². The molecule has 8 heteroatoms. The number of nitrogens with zero attached hydrogens (tertiary/aromatic N) is 2. The lowest BCUT2D eigenvalue weighted by atomic mass is 10.00. The lowest BCUT2D eigenvalue weighted by Gasteiger charge is -2.20. The number of hydrogen-bond acceptors (Lipinski definition) is 2. The number of benzene rings is 3. The van der Waals surface area contributed by atoms with Crippen molar-refractivity contribution in [2.24, 2.45) is 0 Å². The average molecular weight is 460 g/mol. The Morgan fingerprint density at radius 2 is 1.78 bits per heavy atom. The van der Waals surface area contributed by atoms with Crippen LogP contribution in [0.15, 0.2) is 66.9 Å². The Hall–Kier alpha value is -3.19. The average Bonchev–Trinajstić information content (AvgIpc) is 3.16. The van der Waals surface area contributed by atoms with Crippen LogP contribution in [-0.4, -0.2) is 22.2 Å². The summed E-state index contributed by atoms with van der Waals surface area (Å²) >= 11 is 6.16. The minimum absolute atomic E-state index is 0.212. The van der Waals surface area contributed by atoms with Crippen LogP contribution in [0.25, 0.3) is 22.0 Å². The SMILES string of the molecule is O=[C]c1ccc(C(CCC(F)(F)F)n2ncc3cc(-c4ccc(F)cc4Cl)ccc32)cc1. The summed E-state index contributed by atoms with van der Waals surface area (Å²) in [5, 5.41) is 5.33. The Balaban J connectivity index is 1.75. The lowest BCUT2D eigenvalue weighted by Crippen LogP contribution is -2.16. The second-order valence-electron chi connectivity index (χ2n) is 7.38. The maximum atomic E-state index is 13.4. The van der Waals surface area contributed by atoms with Crippen molar-refractivity contribution in [1.82, 2.24) is 9.78 Å². The predicted molar refractivity (Wildman–Crippen MR) is 115 cm³/mol. The minimum atomic E-state index is -4.32. The van der Waals surface area contributed by atoms with Crippen LogP contribution in [0.3, 0.4) is 0 Å². The molecule has 0 saturated heterocycles. The van der Waals surface area contributed by atoms with E-state index in [1.54, 1.807) is 47.5 Å². The Kier molecular flexibility index (Phi) is 6.02. The molecular formula is C24H16ClF4N2O. The molecule has 0 fully saturated rings. The van der Waals surface area contributed by atoms with Crippen molar-refractivity contribution in [3.8, 4) is 11.1 Å². The van der Waals surface area contributed by atoms with Crippen LogP contribution < -0.4 is 0 Å². The predicted octanol–water partition coefficient (Wildman–Crippen LogP) is 6.89. The van der Waals surface area contributed by atoms with Crippen LogP contribution >= 0.6 is 11.6 Å². The van der Waals surface area contributed by atoms with Crippen LogP contribution in [0.4, 0.5) is 17.6 Å². The smallest absolute Gasteiger partial charge is 0.285 e. The van der Waals surface area contributed by atoms with E-state index in [2.05, 4.69) is 5.10 Å². The molecule has 0 spiro atoms. The molecule has 1 radical (unpaired) electrons. The highest BCUT2D eigenvalue weighted by molar-refractivity contribution is 6.33. The number of aromatic nitrogens is 2. The molecule has 0 aliphatic heterocycles. The third-order valence-electron chi connectivity index (χ3n) is 5.25. The van der Waals surface area contributed by atoms with E-state index in [1.165, 1.54) is 24.3 Å². The highest BCUT2D eigenvalue weighted by atomic mass is 35.5. The van der Waals surface area contributed by atoms with E-state index in [9.17, 15) is 22.4 Å². The molecule has 1 unspecified atom stereocenters. The first-order valence-electron chi connectivity index (χ1n) is 9.73. The molecule has 32 heavy (non-hydrogen) atoms. The maximum absolute atomic E-state index is 13.4. The topological polar surface area (TPSA) is 34.9 Å². The highest BCUT2D eigenvalue weighted by Crippen LogP contribution is 2.35. The van der Waals surface area contributed by atoms with Crippen LogP contribution in [0.5, 0.6) is 0 Å². The fraction of sp³-hybridized carbons (Fsp3) is 0.167. The van der Waals surface area contributed by atoms with Crippen molar-refractivity contribution in [2.75, 3.05) is 0 Å². The van der Waals surface area contributed by atoms with Gasteiger partial charge in [0.1, 0.15) is 5.82 Å². The number of halogens is 5. The molecule has 1 aromatic heterocycles. The quantitative estimate of drug-likeness (QED) is 0.294. The number of hydrogen-bond donors (Lipinski definition) is 0. The summed E-state index contributed by atoms with van der Waals surface area (Å²) in [6.07, 6.45) is -2.18. The first-order valence-corrected chi connectivity index (χ1v) is 10.1. The summed E-state index contributed by atoms with van der Waals surface area (Å²) in [5.41, 5.74) is 2.93. The molecular weight excluding hydrogens is 444 g/mol. The number of alkyl halides is 3. The zero-order chi connectivity index (χ0) is 22.9. The van der Waals surface area contributed by atoms with Gasteiger partial charge in [-0.15, -0.1) is 0 Å². The standard InChI is InChI=1S/C24H16ClF4N2O/c25-21-12-19(26)6-7-20(21)17-5-8-22-18(11-17)13-30-31(22)23(9-10-24(27,28)29)16-3-1-15(14-32)2-4-16/h1-8,11-13,23H,9-10H2. The molecule has 0 aliphatic rings. The van der Waals surface area contributed by atoms with Crippen molar-refractivity contribution in [2.45, 2.75) is 25.1 Å². The van der Waals surface area contributed by atoms with Crippen LogP contribution in [0.2, 0.25) is 5.02 Å². The first kappa shape index (κ1) is 22.0. The molecule has 1 heterocycles. The van der Waals surface area contributed by atoms with Gasteiger partial charge >= 0.3 is 6.18 Å². The van der Waals surface area contributed by atoms with E-state index >= 15 is 0 Å². The van der Waals surface area contributed by atoms with Gasteiger partial charge in [0.05, 0.1) is 22.8 Å². The van der Waals surface area contributed by atoms with Crippen LogP contribution in [0, 0.1) is 5.82 Å². The summed E-state index contributed by atoms with van der Waals surface area (Å²) in [4.78, 5) is 10.8. The van der Waals surface area contributed by atoms with E-state index in [1.807, 2.05) is 6.07 Å². The molecule has 0 N–H and O–H groups in total. The van der Waals surface area contributed by atoms with Crippen LogP contribution in [-0.2, 0) is 4.79 Å². The number of rotatable bonds is 6.